The van der Waals surface area contributed by atoms with E-state index in [1.54, 1.807) is 46.4 Å². The zero-order valence-electron chi connectivity index (χ0n) is 19.5. The lowest BCUT2D eigenvalue weighted by Crippen LogP contribution is -2.51. The van der Waals surface area contributed by atoms with E-state index in [4.69, 9.17) is 0 Å². The number of anilines is 2. The quantitative estimate of drug-likeness (QED) is 0.661. The summed E-state index contributed by atoms with van der Waals surface area (Å²) in [6.45, 7) is 3.73. The van der Waals surface area contributed by atoms with Crippen LogP contribution in [0, 0.1) is 5.92 Å². The van der Waals surface area contributed by atoms with Crippen LogP contribution in [-0.2, 0) is 19.4 Å². The second kappa shape index (κ2) is 8.42. The van der Waals surface area contributed by atoms with Crippen LogP contribution in [0.15, 0.2) is 81.3 Å². The van der Waals surface area contributed by atoms with Crippen molar-refractivity contribution in [2.75, 3.05) is 22.6 Å². The zero-order valence-corrected chi connectivity index (χ0v) is 20.4. The molecule has 178 valence electrons. The highest BCUT2D eigenvalue weighted by molar-refractivity contribution is 7.90. The van der Waals surface area contributed by atoms with Gasteiger partial charge in [0.15, 0.2) is 9.84 Å². The van der Waals surface area contributed by atoms with Crippen LogP contribution in [0.1, 0.15) is 13.8 Å². The molecule has 0 spiro atoms. The Bertz CT molecular complexity index is 1470. The maximum absolute atomic E-state index is 13.6. The average Bonchev–Trinajstić information content (AvgIpc) is 3.26. The Kier molecular flexibility index (Phi) is 5.52. The fourth-order valence-corrected chi connectivity index (χ4v) is 5.28. The third-order valence-electron chi connectivity index (χ3n) is 6.31. The molecule has 1 unspecified atom stereocenters. The van der Waals surface area contributed by atoms with E-state index < -0.39 is 9.84 Å². The Morgan fingerprint density at radius 2 is 1.74 bits per heavy atom. The number of amidine groups is 1. The first-order valence-corrected chi connectivity index (χ1v) is 13.1. The zero-order chi connectivity index (χ0) is 24.9. The molecular weight excluding hydrogens is 464 g/mol. The van der Waals surface area contributed by atoms with Crippen molar-refractivity contribution < 1.29 is 18.0 Å². The average molecular weight is 489 g/mol. The molecule has 2 aromatic carbocycles. The Morgan fingerprint density at radius 1 is 1.03 bits per heavy atom. The van der Waals surface area contributed by atoms with Gasteiger partial charge in [0.05, 0.1) is 28.2 Å². The van der Waals surface area contributed by atoms with Crippen LogP contribution in [0.2, 0.25) is 0 Å². The van der Waals surface area contributed by atoms with Crippen molar-refractivity contribution in [2.45, 2.75) is 24.8 Å². The SMILES string of the molecule is CC(=O)N1c2ccc(-c3ccc(S(C)(=O)=O)cc3)cc2N(C(=O)C2=CC3C=CC=NC3=N2)C[C@@H]1C. The highest BCUT2D eigenvalue weighted by Crippen LogP contribution is 2.40. The molecule has 35 heavy (non-hydrogen) atoms. The molecule has 9 heteroatoms. The smallest absolute Gasteiger partial charge is 0.276 e. The predicted octanol–water partition coefficient (Wildman–Crippen LogP) is 3.40. The number of allylic oxidation sites excluding steroid dienone is 1. The molecular formula is C26H24N4O4S. The molecule has 2 amide bonds. The van der Waals surface area contributed by atoms with Crippen LogP contribution in [0.3, 0.4) is 0 Å². The van der Waals surface area contributed by atoms with Crippen molar-refractivity contribution in [3.05, 3.63) is 66.4 Å². The van der Waals surface area contributed by atoms with Crippen molar-refractivity contribution in [1.82, 2.24) is 0 Å². The Hall–Kier alpha value is -3.85. The van der Waals surface area contributed by atoms with Gasteiger partial charge in [-0.25, -0.2) is 18.4 Å². The number of nitrogens with zero attached hydrogens (tertiary/aromatic N) is 4. The van der Waals surface area contributed by atoms with E-state index in [2.05, 4.69) is 9.98 Å². The highest BCUT2D eigenvalue weighted by Gasteiger charge is 2.36. The van der Waals surface area contributed by atoms with E-state index >= 15 is 0 Å². The van der Waals surface area contributed by atoms with E-state index in [9.17, 15) is 18.0 Å². The van der Waals surface area contributed by atoms with Crippen LogP contribution < -0.4 is 9.80 Å². The minimum atomic E-state index is -3.31. The van der Waals surface area contributed by atoms with Crippen molar-refractivity contribution in [1.29, 1.82) is 0 Å². The van der Waals surface area contributed by atoms with Gasteiger partial charge in [-0.1, -0.05) is 24.3 Å². The van der Waals surface area contributed by atoms with Crippen LogP contribution in [0.5, 0.6) is 0 Å². The molecule has 0 radical (unpaired) electrons. The monoisotopic (exact) mass is 488 g/mol. The van der Waals surface area contributed by atoms with E-state index in [0.29, 0.717) is 29.5 Å². The number of carbonyl (C=O) groups excluding carboxylic acids is 2. The van der Waals surface area contributed by atoms with Gasteiger partial charge in [-0.15, -0.1) is 0 Å². The van der Waals surface area contributed by atoms with Crippen molar-refractivity contribution in [3.63, 3.8) is 0 Å². The second-order valence-corrected chi connectivity index (χ2v) is 10.9. The highest BCUT2D eigenvalue weighted by atomic mass is 32.2. The van der Waals surface area contributed by atoms with Crippen molar-refractivity contribution >= 4 is 45.1 Å². The normalized spacial score (nSPS) is 20.8. The summed E-state index contributed by atoms with van der Waals surface area (Å²) in [7, 11) is -3.31. The maximum Gasteiger partial charge on any atom is 0.276 e. The van der Waals surface area contributed by atoms with Crippen LogP contribution in [-0.4, -0.2) is 51.1 Å². The molecule has 0 aromatic heterocycles. The molecule has 8 nitrogen and oxygen atoms in total. The first-order valence-electron chi connectivity index (χ1n) is 11.2. The summed E-state index contributed by atoms with van der Waals surface area (Å²) in [4.78, 5) is 38.4. The summed E-state index contributed by atoms with van der Waals surface area (Å²) in [5.41, 5.74) is 3.16. The van der Waals surface area contributed by atoms with Gasteiger partial charge in [-0.05, 0) is 54.5 Å². The molecule has 2 atom stereocenters. The number of hydrogen-bond donors (Lipinski definition) is 0. The Balaban J connectivity index is 1.57. The molecule has 3 aliphatic rings. The van der Waals surface area contributed by atoms with Crippen molar-refractivity contribution in [2.24, 2.45) is 15.9 Å². The van der Waals surface area contributed by atoms with Crippen LogP contribution in [0.25, 0.3) is 11.1 Å². The van der Waals surface area contributed by atoms with E-state index in [0.717, 1.165) is 11.1 Å². The topological polar surface area (TPSA) is 99.5 Å². The summed E-state index contributed by atoms with van der Waals surface area (Å²) in [5.74, 6) is 0.110. The van der Waals surface area contributed by atoms with Gasteiger partial charge in [-0.3, -0.25) is 9.59 Å². The first-order chi connectivity index (χ1) is 16.6. The van der Waals surface area contributed by atoms with Gasteiger partial charge in [-0.2, -0.15) is 0 Å². The molecule has 0 saturated carbocycles. The van der Waals surface area contributed by atoms with E-state index in [-0.39, 0.29) is 28.7 Å². The summed E-state index contributed by atoms with van der Waals surface area (Å²) in [5, 5.41) is 0. The molecule has 0 saturated heterocycles. The number of fused-ring (bicyclic) bond motifs is 2. The molecule has 5 rings (SSSR count). The molecule has 0 aliphatic carbocycles. The maximum atomic E-state index is 13.6. The molecule has 0 bridgehead atoms. The fourth-order valence-electron chi connectivity index (χ4n) is 4.65. The Morgan fingerprint density at radius 3 is 2.40 bits per heavy atom. The third-order valence-corrected chi connectivity index (χ3v) is 7.44. The summed E-state index contributed by atoms with van der Waals surface area (Å²) < 4.78 is 23.7. The third kappa shape index (κ3) is 4.12. The number of dihydropyridines is 1. The van der Waals surface area contributed by atoms with Gasteiger partial charge in [0.25, 0.3) is 5.91 Å². The lowest BCUT2D eigenvalue weighted by atomic mass is 10.00. The van der Waals surface area contributed by atoms with Crippen molar-refractivity contribution in [3.8, 4) is 11.1 Å². The second-order valence-electron chi connectivity index (χ2n) is 8.86. The van der Waals surface area contributed by atoms with E-state index in [1.165, 1.54) is 13.2 Å². The number of sulfone groups is 1. The lowest BCUT2D eigenvalue weighted by Gasteiger charge is -2.41. The molecule has 0 fully saturated rings. The number of benzene rings is 2. The van der Waals surface area contributed by atoms with E-state index in [1.807, 2.05) is 37.3 Å². The summed E-state index contributed by atoms with van der Waals surface area (Å²) in [6, 6.07) is 11.9. The number of aliphatic imine (C=N–C) groups is 2. The van der Waals surface area contributed by atoms with Gasteiger partial charge < -0.3 is 9.80 Å². The molecule has 0 N–H and O–H groups in total. The Labute approximate surface area is 203 Å². The van der Waals surface area contributed by atoms with Gasteiger partial charge in [0.2, 0.25) is 5.91 Å². The standard InChI is InChI=1S/C26H24N4O4S/c1-16-15-29(26(32)22-13-20-5-4-12-27-25(20)28-22)24-14-19(8-11-23(24)30(16)17(2)31)18-6-9-21(10-7-18)35(3,33)34/h4-14,16,20H,15H2,1-3H3/t16-,20?/m0/s1. The fraction of sp³-hybridized carbons (Fsp3) is 0.231. The summed E-state index contributed by atoms with van der Waals surface area (Å²) >= 11 is 0. The lowest BCUT2D eigenvalue weighted by molar-refractivity contribution is -0.118. The minimum Gasteiger partial charge on any atom is -0.306 e. The largest absolute Gasteiger partial charge is 0.306 e. The predicted molar refractivity (Wildman–Crippen MR) is 137 cm³/mol. The van der Waals surface area contributed by atoms with Gasteiger partial charge in [0, 0.05) is 25.9 Å². The molecule has 3 aliphatic heterocycles. The van der Waals surface area contributed by atoms with Gasteiger partial charge >= 0.3 is 0 Å². The number of amides is 2. The number of rotatable bonds is 3. The number of carbonyl (C=O) groups is 2. The van der Waals surface area contributed by atoms with Gasteiger partial charge in [0.1, 0.15) is 11.5 Å². The first kappa shape index (κ1) is 22.9. The van der Waals surface area contributed by atoms with Crippen LogP contribution >= 0.6 is 0 Å². The minimum absolute atomic E-state index is 0.109. The molecule has 2 aromatic rings. The summed E-state index contributed by atoms with van der Waals surface area (Å²) in [6.07, 6.45) is 8.40. The molecule has 3 heterocycles. The van der Waals surface area contributed by atoms with Crippen LogP contribution in [0.4, 0.5) is 11.4 Å². The number of hydrogen-bond acceptors (Lipinski definition) is 6.